The molecule has 31 heavy (non-hydrogen) atoms. The summed E-state index contributed by atoms with van der Waals surface area (Å²) in [5.74, 6) is 1.25. The maximum atomic E-state index is 13.1. The lowest BCUT2D eigenvalue weighted by molar-refractivity contribution is 0.0705. The fourth-order valence-corrected chi connectivity index (χ4v) is 3.52. The highest BCUT2D eigenvalue weighted by Crippen LogP contribution is 2.32. The maximum absolute atomic E-state index is 13.1. The Morgan fingerprint density at radius 3 is 2.48 bits per heavy atom. The fraction of sp³-hybridized carbons (Fsp3) is 0.273. The molecule has 0 unspecified atom stereocenters. The van der Waals surface area contributed by atoms with Crippen molar-refractivity contribution in [1.29, 1.82) is 0 Å². The molecule has 4 rings (SSSR count). The van der Waals surface area contributed by atoms with E-state index in [1.54, 1.807) is 17.0 Å². The molecule has 0 radical (unpaired) electrons. The third-order valence-electron chi connectivity index (χ3n) is 5.22. The van der Waals surface area contributed by atoms with Gasteiger partial charge in [0.05, 0.1) is 19.0 Å². The van der Waals surface area contributed by atoms with E-state index in [1.807, 2.05) is 6.07 Å². The molecule has 2 aromatic heterocycles. The van der Waals surface area contributed by atoms with E-state index < -0.39 is 0 Å². The van der Waals surface area contributed by atoms with E-state index >= 15 is 0 Å². The van der Waals surface area contributed by atoms with Gasteiger partial charge in [-0.1, -0.05) is 0 Å². The third kappa shape index (κ3) is 4.71. The molecule has 1 saturated heterocycles. The number of amides is 1. The normalized spacial score (nSPS) is 14.3. The van der Waals surface area contributed by atoms with Crippen LogP contribution in [0.2, 0.25) is 0 Å². The summed E-state index contributed by atoms with van der Waals surface area (Å²) in [6.07, 6.45) is 3.01. The lowest BCUT2D eigenvalue weighted by Crippen LogP contribution is -2.38. The van der Waals surface area contributed by atoms with E-state index in [4.69, 9.17) is 15.2 Å². The van der Waals surface area contributed by atoms with Gasteiger partial charge in [0.25, 0.3) is 5.91 Å². The molecule has 8 nitrogen and oxygen atoms in total. The van der Waals surface area contributed by atoms with E-state index in [2.05, 4.69) is 15.2 Å². The van der Waals surface area contributed by atoms with Crippen LogP contribution in [0.25, 0.3) is 0 Å². The van der Waals surface area contributed by atoms with Crippen molar-refractivity contribution in [1.82, 2.24) is 20.1 Å². The van der Waals surface area contributed by atoms with Crippen LogP contribution in [0, 0.1) is 5.82 Å². The minimum atomic E-state index is -0.356. The Morgan fingerprint density at radius 1 is 1.10 bits per heavy atom. The van der Waals surface area contributed by atoms with E-state index in [0.717, 1.165) is 18.5 Å². The number of nitrogens with two attached hydrogens (primary N) is 1. The molecule has 1 amide bonds. The van der Waals surface area contributed by atoms with Gasteiger partial charge in [-0.25, -0.2) is 9.37 Å². The zero-order chi connectivity index (χ0) is 21.8. The van der Waals surface area contributed by atoms with E-state index in [9.17, 15) is 9.18 Å². The van der Waals surface area contributed by atoms with Gasteiger partial charge in [-0.05, 0) is 49.2 Å². The number of methoxy groups -OCH3 is 1. The summed E-state index contributed by atoms with van der Waals surface area (Å²) in [6.45, 7) is 1.18. The first kappa shape index (κ1) is 20.5. The van der Waals surface area contributed by atoms with Crippen LogP contribution in [0.3, 0.4) is 0 Å². The molecule has 160 valence electrons. The number of carbonyl (C=O) groups excluding carboxylic acids is 1. The molecular weight excluding hydrogens is 401 g/mol. The number of hydrogen-bond donors (Lipinski definition) is 1. The summed E-state index contributed by atoms with van der Waals surface area (Å²) >= 11 is 0. The number of piperidine rings is 1. The predicted molar refractivity (Wildman–Crippen MR) is 112 cm³/mol. The van der Waals surface area contributed by atoms with Crippen molar-refractivity contribution >= 4 is 11.7 Å². The molecule has 1 aliphatic rings. The number of ether oxygens (including phenoxy) is 2. The molecule has 3 aromatic rings. The van der Waals surface area contributed by atoms with Gasteiger partial charge < -0.3 is 20.1 Å². The lowest BCUT2D eigenvalue weighted by Gasteiger charge is -2.31. The number of pyridine rings is 1. The summed E-state index contributed by atoms with van der Waals surface area (Å²) in [6, 6.07) is 10.8. The van der Waals surface area contributed by atoms with Gasteiger partial charge in [0.2, 0.25) is 0 Å². The number of benzene rings is 1. The Bertz CT molecular complexity index is 1050. The van der Waals surface area contributed by atoms with E-state index in [0.29, 0.717) is 36.2 Å². The average molecular weight is 423 g/mol. The van der Waals surface area contributed by atoms with Crippen molar-refractivity contribution in [3.8, 4) is 17.2 Å². The molecule has 0 aliphatic carbocycles. The number of nitrogens with zero attached hydrogens (tertiary/aromatic N) is 4. The third-order valence-corrected chi connectivity index (χ3v) is 5.22. The van der Waals surface area contributed by atoms with Crippen LogP contribution in [-0.2, 0) is 0 Å². The Morgan fingerprint density at radius 2 is 1.84 bits per heavy atom. The topological polar surface area (TPSA) is 103 Å². The number of hydrogen-bond acceptors (Lipinski definition) is 7. The molecule has 1 aliphatic heterocycles. The molecule has 0 spiro atoms. The number of carbonyl (C=O) groups is 1. The van der Waals surface area contributed by atoms with Crippen LogP contribution < -0.4 is 15.2 Å². The zero-order valence-electron chi connectivity index (χ0n) is 17.0. The van der Waals surface area contributed by atoms with Crippen LogP contribution in [0.15, 0.2) is 48.7 Å². The first-order chi connectivity index (χ1) is 15.0. The number of aromatic nitrogens is 3. The quantitative estimate of drug-likeness (QED) is 0.671. The molecule has 1 fully saturated rings. The van der Waals surface area contributed by atoms with Crippen molar-refractivity contribution < 1.29 is 18.7 Å². The first-order valence-corrected chi connectivity index (χ1v) is 9.89. The molecule has 0 saturated carbocycles. The van der Waals surface area contributed by atoms with Gasteiger partial charge in [-0.3, -0.25) is 4.79 Å². The molecule has 0 atom stereocenters. The standard InChI is InChI=1S/C22H22FN5O3/c1-30-19-12-18(25-13-20(19)31-16-4-2-15(23)3-5-16)22(29)28-10-8-14(9-11-28)17-6-7-21(24)27-26-17/h2-7,12-14H,8-11H2,1H3,(H2,24,27). The average Bonchev–Trinajstić information content (AvgIpc) is 2.81. The molecule has 3 heterocycles. The van der Waals surface area contributed by atoms with Gasteiger partial charge in [-0.15, -0.1) is 5.10 Å². The van der Waals surface area contributed by atoms with Gasteiger partial charge in [0, 0.05) is 25.1 Å². The summed E-state index contributed by atoms with van der Waals surface area (Å²) in [5.41, 5.74) is 6.76. The largest absolute Gasteiger partial charge is 0.493 e. The van der Waals surface area contributed by atoms with Crippen LogP contribution in [0.1, 0.15) is 34.9 Å². The molecule has 0 bridgehead atoms. The smallest absolute Gasteiger partial charge is 0.272 e. The second kappa shape index (κ2) is 8.95. The van der Waals surface area contributed by atoms with Crippen molar-refractivity contribution in [3.63, 3.8) is 0 Å². The Balaban J connectivity index is 1.42. The van der Waals surface area contributed by atoms with Crippen molar-refractivity contribution in [3.05, 3.63) is 65.9 Å². The first-order valence-electron chi connectivity index (χ1n) is 9.89. The highest BCUT2D eigenvalue weighted by Gasteiger charge is 2.27. The molecule has 9 heteroatoms. The minimum absolute atomic E-state index is 0.173. The second-order valence-corrected chi connectivity index (χ2v) is 7.23. The number of anilines is 1. The van der Waals surface area contributed by atoms with Crippen molar-refractivity contribution in [2.45, 2.75) is 18.8 Å². The SMILES string of the molecule is COc1cc(C(=O)N2CCC(c3ccc(N)nn3)CC2)ncc1Oc1ccc(F)cc1. The molecule has 2 N–H and O–H groups in total. The summed E-state index contributed by atoms with van der Waals surface area (Å²) in [5, 5.41) is 8.07. The highest BCUT2D eigenvalue weighted by molar-refractivity contribution is 5.93. The van der Waals surface area contributed by atoms with E-state index in [-0.39, 0.29) is 23.3 Å². The Hall–Kier alpha value is -3.75. The summed E-state index contributed by atoms with van der Waals surface area (Å²) in [7, 11) is 1.49. The second-order valence-electron chi connectivity index (χ2n) is 7.23. The predicted octanol–water partition coefficient (Wildman–Crippen LogP) is 3.41. The number of nitrogen functional groups attached to an aromatic ring is 1. The summed E-state index contributed by atoms with van der Waals surface area (Å²) in [4.78, 5) is 19.0. The van der Waals surface area contributed by atoms with Crippen molar-refractivity contribution in [2.75, 3.05) is 25.9 Å². The van der Waals surface area contributed by atoms with E-state index in [1.165, 1.54) is 37.6 Å². The molecule has 1 aromatic carbocycles. The lowest BCUT2D eigenvalue weighted by atomic mass is 9.93. The maximum Gasteiger partial charge on any atom is 0.272 e. The van der Waals surface area contributed by atoms with Gasteiger partial charge >= 0.3 is 0 Å². The summed E-state index contributed by atoms with van der Waals surface area (Å²) < 4.78 is 24.2. The Kier molecular flexibility index (Phi) is 5.92. The van der Waals surface area contributed by atoms with Crippen LogP contribution in [-0.4, -0.2) is 46.2 Å². The van der Waals surface area contributed by atoms with Crippen LogP contribution in [0.4, 0.5) is 10.2 Å². The minimum Gasteiger partial charge on any atom is -0.493 e. The van der Waals surface area contributed by atoms with Gasteiger partial charge in [0.1, 0.15) is 23.1 Å². The van der Waals surface area contributed by atoms with Gasteiger partial charge in [-0.2, -0.15) is 5.10 Å². The molecular formula is C22H22FN5O3. The number of likely N-dealkylation sites (tertiary alicyclic amines) is 1. The van der Waals surface area contributed by atoms with Gasteiger partial charge in [0.15, 0.2) is 11.5 Å². The Labute approximate surface area is 178 Å². The van der Waals surface area contributed by atoms with Crippen LogP contribution >= 0.6 is 0 Å². The van der Waals surface area contributed by atoms with Crippen molar-refractivity contribution in [2.24, 2.45) is 0 Å². The van der Waals surface area contributed by atoms with Crippen LogP contribution in [0.5, 0.6) is 17.2 Å². The number of halogens is 1. The number of rotatable bonds is 5. The monoisotopic (exact) mass is 423 g/mol. The fourth-order valence-electron chi connectivity index (χ4n) is 3.52. The highest BCUT2D eigenvalue weighted by atomic mass is 19.1. The zero-order valence-corrected chi connectivity index (χ0v) is 17.0.